The lowest BCUT2D eigenvalue weighted by Crippen LogP contribution is -2.16. The molecule has 3 aromatic rings. The summed E-state index contributed by atoms with van der Waals surface area (Å²) >= 11 is 0. The summed E-state index contributed by atoms with van der Waals surface area (Å²) in [5, 5.41) is 11.8. The third-order valence-corrected chi connectivity index (χ3v) is 4.55. The SMILES string of the molecule is COc1ccc(NC(=O)c2ccn(-c3cccc(F)c3)n2)cc1S(N)(=O)=O. The molecular weight excluding hydrogens is 375 g/mol. The number of sulfonamides is 1. The van der Waals surface area contributed by atoms with Crippen molar-refractivity contribution in [2.45, 2.75) is 4.90 Å². The lowest BCUT2D eigenvalue weighted by molar-refractivity contribution is 0.102. The highest BCUT2D eigenvalue weighted by Crippen LogP contribution is 2.26. The Kier molecular flexibility index (Phi) is 4.93. The van der Waals surface area contributed by atoms with Gasteiger partial charge < -0.3 is 10.1 Å². The molecule has 0 unspecified atom stereocenters. The maximum absolute atomic E-state index is 13.3. The second-order valence-corrected chi connectivity index (χ2v) is 7.02. The van der Waals surface area contributed by atoms with Crippen LogP contribution in [0.1, 0.15) is 10.5 Å². The van der Waals surface area contributed by atoms with Crippen LogP contribution < -0.4 is 15.2 Å². The van der Waals surface area contributed by atoms with E-state index in [9.17, 15) is 17.6 Å². The van der Waals surface area contributed by atoms with E-state index in [1.54, 1.807) is 6.07 Å². The van der Waals surface area contributed by atoms with Crippen molar-refractivity contribution in [3.63, 3.8) is 0 Å². The molecule has 140 valence electrons. The Morgan fingerprint density at radius 2 is 2.00 bits per heavy atom. The van der Waals surface area contributed by atoms with Crippen molar-refractivity contribution in [3.8, 4) is 11.4 Å². The Morgan fingerprint density at radius 1 is 1.22 bits per heavy atom. The second kappa shape index (κ2) is 7.17. The number of anilines is 1. The van der Waals surface area contributed by atoms with Crippen LogP contribution in [0.25, 0.3) is 5.69 Å². The molecule has 0 saturated heterocycles. The summed E-state index contributed by atoms with van der Waals surface area (Å²) in [4.78, 5) is 12.1. The summed E-state index contributed by atoms with van der Waals surface area (Å²) in [6, 6.07) is 11.2. The number of hydrogen-bond donors (Lipinski definition) is 2. The summed E-state index contributed by atoms with van der Waals surface area (Å²) in [6.45, 7) is 0. The van der Waals surface area contributed by atoms with Crippen molar-refractivity contribution in [1.82, 2.24) is 9.78 Å². The van der Waals surface area contributed by atoms with Crippen LogP contribution in [-0.4, -0.2) is 31.2 Å². The molecule has 3 rings (SSSR count). The molecule has 0 aliphatic carbocycles. The van der Waals surface area contributed by atoms with Gasteiger partial charge in [0.25, 0.3) is 5.91 Å². The Labute approximate surface area is 154 Å². The molecule has 0 saturated carbocycles. The minimum absolute atomic E-state index is 0.0610. The number of benzene rings is 2. The molecule has 0 atom stereocenters. The van der Waals surface area contributed by atoms with Gasteiger partial charge >= 0.3 is 0 Å². The van der Waals surface area contributed by atoms with Gasteiger partial charge in [0.05, 0.1) is 12.8 Å². The van der Waals surface area contributed by atoms with E-state index in [1.807, 2.05) is 0 Å². The van der Waals surface area contributed by atoms with Crippen LogP contribution in [0.4, 0.5) is 10.1 Å². The highest BCUT2D eigenvalue weighted by atomic mass is 32.2. The first kappa shape index (κ1) is 18.5. The first-order valence-corrected chi connectivity index (χ1v) is 9.16. The van der Waals surface area contributed by atoms with E-state index >= 15 is 0 Å². The zero-order valence-electron chi connectivity index (χ0n) is 14.1. The topological polar surface area (TPSA) is 116 Å². The number of halogens is 1. The number of primary sulfonamides is 1. The van der Waals surface area contributed by atoms with Crippen molar-refractivity contribution in [3.05, 3.63) is 66.2 Å². The molecule has 1 heterocycles. The maximum atomic E-state index is 13.3. The predicted molar refractivity (Wildman–Crippen MR) is 95.8 cm³/mol. The van der Waals surface area contributed by atoms with Crippen molar-refractivity contribution in [2.24, 2.45) is 5.14 Å². The molecule has 1 aromatic heterocycles. The third-order valence-electron chi connectivity index (χ3n) is 3.62. The quantitative estimate of drug-likeness (QED) is 0.690. The van der Waals surface area contributed by atoms with E-state index < -0.39 is 21.7 Å². The number of ether oxygens (including phenoxy) is 1. The normalized spacial score (nSPS) is 11.2. The van der Waals surface area contributed by atoms with Crippen molar-refractivity contribution < 1.29 is 22.3 Å². The number of carbonyl (C=O) groups excluding carboxylic acids is 1. The van der Waals surface area contributed by atoms with Gasteiger partial charge in [0.1, 0.15) is 16.5 Å². The standard InChI is InChI=1S/C17H15FN4O4S/c1-26-15-6-5-12(10-16(15)27(19,24)25)20-17(23)14-7-8-22(21-14)13-4-2-3-11(18)9-13/h2-10H,1H3,(H,20,23)(H2,19,24,25). The van der Waals surface area contributed by atoms with Crippen LogP contribution in [0.15, 0.2) is 59.6 Å². The highest BCUT2D eigenvalue weighted by Gasteiger charge is 2.17. The molecule has 8 nitrogen and oxygen atoms in total. The summed E-state index contributed by atoms with van der Waals surface area (Å²) in [5.41, 5.74) is 0.715. The van der Waals surface area contributed by atoms with Crippen molar-refractivity contribution in [2.75, 3.05) is 12.4 Å². The summed E-state index contributed by atoms with van der Waals surface area (Å²) in [7, 11) is -2.73. The van der Waals surface area contributed by atoms with E-state index in [1.165, 1.54) is 60.5 Å². The average molecular weight is 390 g/mol. The predicted octanol–water partition coefficient (Wildman–Crippen LogP) is 1.92. The minimum atomic E-state index is -4.04. The van der Waals surface area contributed by atoms with E-state index in [2.05, 4.69) is 10.4 Å². The van der Waals surface area contributed by atoms with Crippen LogP contribution in [0.2, 0.25) is 0 Å². The fourth-order valence-corrected chi connectivity index (χ4v) is 3.10. The van der Waals surface area contributed by atoms with Gasteiger partial charge in [-0.2, -0.15) is 5.10 Å². The van der Waals surface area contributed by atoms with Gasteiger partial charge in [-0.15, -0.1) is 0 Å². The average Bonchev–Trinajstić information content (AvgIpc) is 3.11. The first-order chi connectivity index (χ1) is 12.8. The number of nitrogens with zero attached hydrogens (tertiary/aromatic N) is 2. The number of hydrogen-bond acceptors (Lipinski definition) is 5. The monoisotopic (exact) mass is 390 g/mol. The van der Waals surface area contributed by atoms with Crippen LogP contribution >= 0.6 is 0 Å². The third kappa shape index (κ3) is 4.13. The lowest BCUT2D eigenvalue weighted by atomic mass is 10.3. The number of nitrogens with two attached hydrogens (primary N) is 1. The first-order valence-electron chi connectivity index (χ1n) is 7.62. The lowest BCUT2D eigenvalue weighted by Gasteiger charge is -2.09. The van der Waals surface area contributed by atoms with Gasteiger partial charge in [-0.1, -0.05) is 6.07 Å². The molecule has 0 aliphatic heterocycles. The molecule has 10 heteroatoms. The molecular formula is C17H15FN4O4S. The number of carbonyl (C=O) groups is 1. The molecule has 3 N–H and O–H groups in total. The Hall–Kier alpha value is -3.24. The number of rotatable bonds is 5. The van der Waals surface area contributed by atoms with Gasteiger partial charge in [0.2, 0.25) is 10.0 Å². The molecule has 0 radical (unpaired) electrons. The van der Waals surface area contributed by atoms with Crippen LogP contribution in [0.5, 0.6) is 5.75 Å². The van der Waals surface area contributed by atoms with Gasteiger partial charge in [0.15, 0.2) is 5.69 Å². The molecule has 27 heavy (non-hydrogen) atoms. The number of methoxy groups -OCH3 is 1. The minimum Gasteiger partial charge on any atom is -0.495 e. The maximum Gasteiger partial charge on any atom is 0.276 e. The number of amides is 1. The highest BCUT2D eigenvalue weighted by molar-refractivity contribution is 7.89. The van der Waals surface area contributed by atoms with E-state index in [0.717, 1.165) is 0 Å². The van der Waals surface area contributed by atoms with E-state index in [-0.39, 0.29) is 22.0 Å². The van der Waals surface area contributed by atoms with E-state index in [0.29, 0.717) is 5.69 Å². The molecule has 1 amide bonds. The van der Waals surface area contributed by atoms with E-state index in [4.69, 9.17) is 9.88 Å². The van der Waals surface area contributed by atoms with Gasteiger partial charge in [-0.3, -0.25) is 4.79 Å². The zero-order chi connectivity index (χ0) is 19.6. The Balaban J connectivity index is 1.84. The van der Waals surface area contributed by atoms with Crippen LogP contribution in [0.3, 0.4) is 0 Å². The molecule has 0 aliphatic rings. The fraction of sp³-hybridized carbons (Fsp3) is 0.0588. The summed E-state index contributed by atoms with van der Waals surface area (Å²) < 4.78 is 42.9. The molecule has 0 spiro atoms. The molecule has 0 fully saturated rings. The largest absolute Gasteiger partial charge is 0.495 e. The van der Waals surface area contributed by atoms with Gasteiger partial charge in [0, 0.05) is 11.9 Å². The smallest absolute Gasteiger partial charge is 0.276 e. The van der Waals surface area contributed by atoms with Crippen LogP contribution in [-0.2, 0) is 10.0 Å². The zero-order valence-corrected chi connectivity index (χ0v) is 14.9. The van der Waals surface area contributed by atoms with Crippen molar-refractivity contribution >= 4 is 21.6 Å². The number of aromatic nitrogens is 2. The number of nitrogens with one attached hydrogen (secondary N) is 1. The second-order valence-electron chi connectivity index (χ2n) is 5.49. The Bertz CT molecular complexity index is 1110. The van der Waals surface area contributed by atoms with Crippen molar-refractivity contribution in [1.29, 1.82) is 0 Å². The molecule has 0 bridgehead atoms. The summed E-state index contributed by atoms with van der Waals surface area (Å²) in [5.74, 6) is -0.940. The summed E-state index contributed by atoms with van der Waals surface area (Å²) in [6.07, 6.45) is 1.51. The van der Waals surface area contributed by atoms with Gasteiger partial charge in [-0.05, 0) is 42.5 Å². The fourth-order valence-electron chi connectivity index (χ4n) is 2.38. The van der Waals surface area contributed by atoms with Crippen LogP contribution in [0, 0.1) is 5.82 Å². The van der Waals surface area contributed by atoms with Gasteiger partial charge in [-0.25, -0.2) is 22.6 Å². The molecule has 2 aromatic carbocycles. The Morgan fingerprint density at radius 3 is 2.67 bits per heavy atom.